The fourth-order valence-electron chi connectivity index (χ4n) is 2.97. The van der Waals surface area contributed by atoms with Crippen molar-refractivity contribution in [3.05, 3.63) is 30.4 Å². The highest BCUT2D eigenvalue weighted by Crippen LogP contribution is 2.21. The number of rotatable bonds is 5. The van der Waals surface area contributed by atoms with Crippen LogP contribution in [-0.2, 0) is 16.0 Å². The second-order valence-corrected chi connectivity index (χ2v) is 5.85. The molecule has 3 heterocycles. The van der Waals surface area contributed by atoms with Gasteiger partial charge in [-0.1, -0.05) is 0 Å². The largest absolute Gasteiger partial charge is 0.375 e. The molecule has 1 aliphatic heterocycles. The third-order valence-electron chi connectivity index (χ3n) is 4.12. The van der Waals surface area contributed by atoms with E-state index in [1.165, 1.54) is 0 Å². The van der Waals surface area contributed by atoms with Crippen LogP contribution >= 0.6 is 0 Å². The molecule has 1 atom stereocenters. The number of carbonyl (C=O) groups excluding carboxylic acids is 1. The monoisotopic (exact) mass is 315 g/mol. The fourth-order valence-corrected chi connectivity index (χ4v) is 2.97. The Morgan fingerprint density at radius 3 is 3.04 bits per heavy atom. The first-order chi connectivity index (χ1) is 11.3. The summed E-state index contributed by atoms with van der Waals surface area (Å²) < 4.78 is 4.94. The van der Waals surface area contributed by atoms with Crippen LogP contribution in [0.15, 0.2) is 24.7 Å². The number of likely N-dealkylation sites (tertiary alicyclic amines) is 1. The standard InChI is InChI=1S/C16H21N5O2/c1-23-11-16(22)21-6-2-3-12(10-21)7-13-8-18-15(9-17-13)14-4-5-19-20-14/h4-5,8-9,12H,2-3,6-7,10-11H2,1H3,(H,19,20)/t12-/m0/s1. The molecule has 2 aromatic rings. The highest BCUT2D eigenvalue weighted by atomic mass is 16.5. The number of amides is 1. The van der Waals surface area contributed by atoms with E-state index < -0.39 is 0 Å². The van der Waals surface area contributed by atoms with Crippen molar-refractivity contribution in [3.63, 3.8) is 0 Å². The summed E-state index contributed by atoms with van der Waals surface area (Å²) in [6, 6.07) is 1.87. The lowest BCUT2D eigenvalue weighted by atomic mass is 9.93. The van der Waals surface area contributed by atoms with E-state index in [2.05, 4.69) is 20.2 Å². The molecule has 1 N–H and O–H groups in total. The lowest BCUT2D eigenvalue weighted by Gasteiger charge is -2.32. The zero-order chi connectivity index (χ0) is 16.1. The number of aromatic nitrogens is 4. The number of aromatic amines is 1. The molecule has 1 fully saturated rings. The molecule has 1 aliphatic rings. The SMILES string of the molecule is COCC(=O)N1CCC[C@@H](Cc2cnc(-c3ccn[nH]3)cn2)C1. The number of ether oxygens (including phenoxy) is 1. The molecule has 3 rings (SSSR count). The number of hydrogen-bond acceptors (Lipinski definition) is 5. The van der Waals surface area contributed by atoms with Gasteiger partial charge in [-0.2, -0.15) is 5.10 Å². The first-order valence-corrected chi connectivity index (χ1v) is 7.83. The van der Waals surface area contributed by atoms with Crippen LogP contribution in [0.5, 0.6) is 0 Å². The van der Waals surface area contributed by atoms with Crippen LogP contribution in [0.25, 0.3) is 11.4 Å². The van der Waals surface area contributed by atoms with Gasteiger partial charge < -0.3 is 9.64 Å². The van der Waals surface area contributed by atoms with Gasteiger partial charge in [0.2, 0.25) is 5.91 Å². The van der Waals surface area contributed by atoms with E-state index >= 15 is 0 Å². The summed E-state index contributed by atoms with van der Waals surface area (Å²) in [6.07, 6.45) is 8.25. The van der Waals surface area contributed by atoms with Crippen molar-refractivity contribution < 1.29 is 9.53 Å². The molecule has 0 aliphatic carbocycles. The van der Waals surface area contributed by atoms with Crippen molar-refractivity contribution in [2.45, 2.75) is 19.3 Å². The molecule has 0 aromatic carbocycles. The Labute approximate surface area is 135 Å². The number of nitrogens with one attached hydrogen (secondary N) is 1. The zero-order valence-corrected chi connectivity index (χ0v) is 13.2. The van der Waals surface area contributed by atoms with Crippen LogP contribution < -0.4 is 0 Å². The molecular formula is C16H21N5O2. The van der Waals surface area contributed by atoms with Crippen LogP contribution in [-0.4, -0.2) is 57.8 Å². The van der Waals surface area contributed by atoms with Crippen LogP contribution in [0.2, 0.25) is 0 Å². The maximum atomic E-state index is 11.9. The van der Waals surface area contributed by atoms with E-state index in [-0.39, 0.29) is 12.5 Å². The molecule has 0 unspecified atom stereocenters. The van der Waals surface area contributed by atoms with Gasteiger partial charge in [-0.25, -0.2) is 0 Å². The van der Waals surface area contributed by atoms with E-state index in [1.54, 1.807) is 19.5 Å². The molecule has 2 aromatic heterocycles. The predicted octanol–water partition coefficient (Wildman–Crippen LogP) is 1.29. The van der Waals surface area contributed by atoms with E-state index in [9.17, 15) is 4.79 Å². The zero-order valence-electron chi connectivity index (χ0n) is 13.2. The summed E-state index contributed by atoms with van der Waals surface area (Å²) in [5.74, 6) is 0.495. The van der Waals surface area contributed by atoms with E-state index in [1.807, 2.05) is 17.2 Å². The quantitative estimate of drug-likeness (QED) is 0.899. The van der Waals surface area contributed by atoms with Crippen molar-refractivity contribution in [1.82, 2.24) is 25.1 Å². The van der Waals surface area contributed by atoms with Crippen molar-refractivity contribution in [2.75, 3.05) is 26.8 Å². The van der Waals surface area contributed by atoms with Gasteiger partial charge in [0.25, 0.3) is 0 Å². The summed E-state index contributed by atoms with van der Waals surface area (Å²) in [5.41, 5.74) is 2.60. The van der Waals surface area contributed by atoms with Gasteiger partial charge in [0, 0.05) is 32.6 Å². The third-order valence-corrected chi connectivity index (χ3v) is 4.12. The first kappa shape index (κ1) is 15.6. The molecule has 7 heteroatoms. The second kappa shape index (κ2) is 7.32. The van der Waals surface area contributed by atoms with Crippen LogP contribution in [0, 0.1) is 5.92 Å². The Kier molecular flexibility index (Phi) is 4.97. The van der Waals surface area contributed by atoms with Gasteiger partial charge in [-0.05, 0) is 31.2 Å². The fraction of sp³-hybridized carbons (Fsp3) is 0.500. The number of nitrogens with zero attached hydrogens (tertiary/aromatic N) is 4. The molecule has 0 saturated carbocycles. The first-order valence-electron chi connectivity index (χ1n) is 7.83. The molecule has 0 spiro atoms. The Bertz CT molecular complexity index is 626. The summed E-state index contributed by atoms with van der Waals surface area (Å²) in [4.78, 5) is 22.8. The molecule has 0 radical (unpaired) electrons. The van der Waals surface area contributed by atoms with Crippen molar-refractivity contribution in [3.8, 4) is 11.4 Å². The van der Waals surface area contributed by atoms with Gasteiger partial charge in [0.15, 0.2) is 0 Å². The average molecular weight is 315 g/mol. The Morgan fingerprint density at radius 1 is 1.43 bits per heavy atom. The number of hydrogen-bond donors (Lipinski definition) is 1. The smallest absolute Gasteiger partial charge is 0.248 e. The van der Waals surface area contributed by atoms with E-state index in [0.29, 0.717) is 5.92 Å². The maximum absolute atomic E-state index is 11.9. The molecule has 0 bridgehead atoms. The van der Waals surface area contributed by atoms with E-state index in [0.717, 1.165) is 49.4 Å². The topological polar surface area (TPSA) is 84.0 Å². The minimum absolute atomic E-state index is 0.0675. The molecule has 7 nitrogen and oxygen atoms in total. The van der Waals surface area contributed by atoms with Gasteiger partial charge in [-0.15, -0.1) is 0 Å². The summed E-state index contributed by atoms with van der Waals surface area (Å²) in [7, 11) is 1.55. The maximum Gasteiger partial charge on any atom is 0.248 e. The number of methoxy groups -OCH3 is 1. The minimum Gasteiger partial charge on any atom is -0.375 e. The summed E-state index contributed by atoms with van der Waals surface area (Å²) in [5, 5.41) is 6.79. The van der Waals surface area contributed by atoms with Gasteiger partial charge >= 0.3 is 0 Å². The normalized spacial score (nSPS) is 18.1. The van der Waals surface area contributed by atoms with Gasteiger partial charge in [0.05, 0.1) is 17.6 Å². The lowest BCUT2D eigenvalue weighted by molar-refractivity contribution is -0.136. The number of H-pyrrole nitrogens is 1. The van der Waals surface area contributed by atoms with Crippen LogP contribution in [0.3, 0.4) is 0 Å². The van der Waals surface area contributed by atoms with Gasteiger partial charge in [-0.3, -0.25) is 19.9 Å². The highest BCUT2D eigenvalue weighted by Gasteiger charge is 2.24. The van der Waals surface area contributed by atoms with Crippen molar-refractivity contribution in [1.29, 1.82) is 0 Å². The molecule has 122 valence electrons. The molecule has 23 heavy (non-hydrogen) atoms. The minimum atomic E-state index is 0.0675. The van der Waals surface area contributed by atoms with Crippen molar-refractivity contribution >= 4 is 5.91 Å². The molecular weight excluding hydrogens is 294 g/mol. The Balaban J connectivity index is 1.59. The summed E-state index contributed by atoms with van der Waals surface area (Å²) >= 11 is 0. The Morgan fingerprint density at radius 2 is 2.35 bits per heavy atom. The van der Waals surface area contributed by atoms with Crippen LogP contribution in [0.4, 0.5) is 0 Å². The number of piperidine rings is 1. The third kappa shape index (κ3) is 3.92. The van der Waals surface area contributed by atoms with Gasteiger partial charge in [0.1, 0.15) is 12.3 Å². The summed E-state index contributed by atoms with van der Waals surface area (Å²) in [6.45, 7) is 1.75. The van der Waals surface area contributed by atoms with Crippen LogP contribution in [0.1, 0.15) is 18.5 Å². The van der Waals surface area contributed by atoms with Crippen molar-refractivity contribution in [2.24, 2.45) is 5.92 Å². The number of carbonyl (C=O) groups is 1. The van der Waals surface area contributed by atoms with E-state index in [4.69, 9.17) is 4.74 Å². The second-order valence-electron chi connectivity index (χ2n) is 5.85. The average Bonchev–Trinajstić information content (AvgIpc) is 3.11. The molecule has 1 saturated heterocycles. The lowest BCUT2D eigenvalue weighted by Crippen LogP contribution is -2.42. The highest BCUT2D eigenvalue weighted by molar-refractivity contribution is 5.77. The molecule has 1 amide bonds. The predicted molar refractivity (Wildman–Crippen MR) is 84.5 cm³/mol. The Hall–Kier alpha value is -2.28.